The van der Waals surface area contributed by atoms with Crippen molar-refractivity contribution in [3.05, 3.63) is 28.7 Å². The Morgan fingerprint density at radius 2 is 1.87 bits per heavy atom. The van der Waals surface area contributed by atoms with E-state index >= 15 is 0 Å². The zero-order valence-corrected chi connectivity index (χ0v) is 16.8. The van der Waals surface area contributed by atoms with E-state index in [9.17, 15) is 4.79 Å². The number of nitrogens with one attached hydrogen (secondary N) is 1. The summed E-state index contributed by atoms with van der Waals surface area (Å²) < 4.78 is 0.632. The van der Waals surface area contributed by atoms with Crippen molar-refractivity contribution in [3.63, 3.8) is 0 Å². The Balaban J connectivity index is 0.00000192. The summed E-state index contributed by atoms with van der Waals surface area (Å²) in [5, 5.41) is 3.64. The number of fused-ring (bicyclic) bond motifs is 2. The number of halogens is 2. The summed E-state index contributed by atoms with van der Waals surface area (Å²) in [6, 6.07) is 9.29. The van der Waals surface area contributed by atoms with Crippen molar-refractivity contribution in [2.75, 3.05) is 13.1 Å². The van der Waals surface area contributed by atoms with E-state index in [1.54, 1.807) is 11.8 Å². The van der Waals surface area contributed by atoms with Gasteiger partial charge in [-0.25, -0.2) is 0 Å². The molecule has 2 bridgehead atoms. The van der Waals surface area contributed by atoms with Gasteiger partial charge < -0.3 is 10.2 Å². The monoisotopic (exact) mass is 418 g/mol. The molecule has 0 saturated carbocycles. The molecule has 3 nitrogen and oxygen atoms in total. The fourth-order valence-electron chi connectivity index (χ4n) is 3.35. The maximum absolute atomic E-state index is 13.0. The molecule has 2 atom stereocenters. The van der Waals surface area contributed by atoms with Crippen LogP contribution in [0.2, 0.25) is 0 Å². The van der Waals surface area contributed by atoms with Crippen molar-refractivity contribution >= 4 is 46.0 Å². The molecule has 2 aliphatic rings. The third kappa shape index (κ3) is 4.65. The number of nitrogens with zero attached hydrogens (tertiary/aromatic N) is 1. The van der Waals surface area contributed by atoms with Gasteiger partial charge in [0.05, 0.1) is 4.75 Å². The molecular weight excluding hydrogens is 396 g/mol. The number of carbonyl (C=O) groups excluding carboxylic acids is 1. The average molecular weight is 420 g/mol. The molecule has 2 unspecified atom stereocenters. The maximum Gasteiger partial charge on any atom is 0.238 e. The number of hydrogen-bond donors (Lipinski definition) is 1. The van der Waals surface area contributed by atoms with Gasteiger partial charge in [-0.2, -0.15) is 0 Å². The average Bonchev–Trinajstić information content (AvgIpc) is 2.80. The lowest BCUT2D eigenvalue weighted by atomic mass is 10.1. The van der Waals surface area contributed by atoms with E-state index in [-0.39, 0.29) is 18.3 Å². The minimum absolute atomic E-state index is 0. The molecule has 2 aliphatic heterocycles. The van der Waals surface area contributed by atoms with Crippen molar-refractivity contribution in [2.24, 2.45) is 0 Å². The first kappa shape index (κ1) is 19.1. The van der Waals surface area contributed by atoms with Crippen LogP contribution in [0.25, 0.3) is 0 Å². The van der Waals surface area contributed by atoms with E-state index < -0.39 is 4.75 Å². The van der Waals surface area contributed by atoms with Gasteiger partial charge >= 0.3 is 0 Å². The third-order valence-corrected chi connectivity index (χ3v) is 6.23. The number of hydrogen-bond acceptors (Lipinski definition) is 3. The fourth-order valence-corrected chi connectivity index (χ4v) is 4.69. The smallest absolute Gasteiger partial charge is 0.238 e. The van der Waals surface area contributed by atoms with Gasteiger partial charge in [-0.3, -0.25) is 4.79 Å². The molecule has 128 valence electrons. The van der Waals surface area contributed by atoms with E-state index in [1.165, 1.54) is 12.8 Å². The molecule has 6 heteroatoms. The molecule has 1 amide bonds. The minimum atomic E-state index is -0.433. The van der Waals surface area contributed by atoms with Crippen LogP contribution >= 0.6 is 40.1 Å². The van der Waals surface area contributed by atoms with Crippen molar-refractivity contribution < 1.29 is 4.79 Å². The Kier molecular flexibility index (Phi) is 6.45. The molecule has 3 rings (SSSR count). The molecule has 2 heterocycles. The summed E-state index contributed by atoms with van der Waals surface area (Å²) in [5.41, 5.74) is 0. The first-order chi connectivity index (χ1) is 10.4. The van der Waals surface area contributed by atoms with Gasteiger partial charge in [0.2, 0.25) is 5.91 Å². The van der Waals surface area contributed by atoms with Crippen LogP contribution in [0.3, 0.4) is 0 Å². The summed E-state index contributed by atoms with van der Waals surface area (Å²) in [7, 11) is 0. The zero-order chi connectivity index (χ0) is 15.7. The van der Waals surface area contributed by atoms with Crippen LogP contribution in [0, 0.1) is 0 Å². The van der Waals surface area contributed by atoms with Crippen molar-refractivity contribution in [3.8, 4) is 0 Å². The van der Waals surface area contributed by atoms with Crippen LogP contribution in [-0.2, 0) is 4.79 Å². The summed E-state index contributed by atoms with van der Waals surface area (Å²) in [5.74, 6) is 0.259. The topological polar surface area (TPSA) is 32.3 Å². The molecule has 23 heavy (non-hydrogen) atoms. The number of amides is 1. The Morgan fingerprint density at radius 3 is 2.57 bits per heavy atom. The van der Waals surface area contributed by atoms with E-state index in [4.69, 9.17) is 0 Å². The van der Waals surface area contributed by atoms with Gasteiger partial charge in [0.1, 0.15) is 0 Å². The Hall–Kier alpha value is -0.230. The SMILES string of the molecule is CC(C)(Sc1ccc(Br)cc1)C(=O)N1CCC2CCC(C1)N2.Cl. The highest BCUT2D eigenvalue weighted by atomic mass is 79.9. The van der Waals surface area contributed by atoms with Crippen LogP contribution in [0.4, 0.5) is 0 Å². The van der Waals surface area contributed by atoms with Crippen LogP contribution in [0.15, 0.2) is 33.6 Å². The summed E-state index contributed by atoms with van der Waals surface area (Å²) in [6.45, 7) is 5.83. The van der Waals surface area contributed by atoms with Crippen LogP contribution < -0.4 is 5.32 Å². The second kappa shape index (κ2) is 7.77. The number of carbonyl (C=O) groups is 1. The lowest BCUT2D eigenvalue weighted by molar-refractivity contribution is -0.133. The molecule has 0 aliphatic carbocycles. The largest absolute Gasteiger partial charge is 0.340 e. The second-order valence-electron chi connectivity index (χ2n) is 6.74. The maximum atomic E-state index is 13.0. The first-order valence-corrected chi connectivity index (χ1v) is 9.55. The van der Waals surface area contributed by atoms with Crippen molar-refractivity contribution in [1.29, 1.82) is 0 Å². The highest BCUT2D eigenvalue weighted by molar-refractivity contribution is 9.10. The number of rotatable bonds is 3. The molecule has 1 aromatic rings. The van der Waals surface area contributed by atoms with Gasteiger partial charge in [0.25, 0.3) is 0 Å². The third-order valence-electron chi connectivity index (χ3n) is 4.51. The molecule has 0 radical (unpaired) electrons. The summed E-state index contributed by atoms with van der Waals surface area (Å²) >= 11 is 5.10. The van der Waals surface area contributed by atoms with Crippen LogP contribution in [0.1, 0.15) is 33.1 Å². The molecule has 0 spiro atoms. The molecule has 1 N–H and O–H groups in total. The van der Waals surface area contributed by atoms with E-state index in [0.717, 1.165) is 28.9 Å². The van der Waals surface area contributed by atoms with Gasteiger partial charge in [0, 0.05) is 34.5 Å². The highest BCUT2D eigenvalue weighted by Gasteiger charge is 2.37. The lowest BCUT2D eigenvalue weighted by Gasteiger charge is -2.32. The van der Waals surface area contributed by atoms with Crippen LogP contribution in [-0.4, -0.2) is 40.7 Å². The van der Waals surface area contributed by atoms with Gasteiger partial charge in [-0.15, -0.1) is 24.2 Å². The Labute approximate surface area is 157 Å². The van der Waals surface area contributed by atoms with Crippen molar-refractivity contribution in [2.45, 2.75) is 54.8 Å². The van der Waals surface area contributed by atoms with E-state index in [1.807, 2.05) is 26.0 Å². The van der Waals surface area contributed by atoms with Gasteiger partial charge in [-0.05, 0) is 57.4 Å². The summed E-state index contributed by atoms with van der Waals surface area (Å²) in [4.78, 5) is 16.2. The Bertz CT molecular complexity index is 552. The molecule has 0 aromatic heterocycles. The molecule has 1 aromatic carbocycles. The van der Waals surface area contributed by atoms with Gasteiger partial charge in [-0.1, -0.05) is 15.9 Å². The normalized spacial score (nSPS) is 24.0. The quantitative estimate of drug-likeness (QED) is 0.749. The number of benzene rings is 1. The predicted octanol–water partition coefficient (Wildman–Crippen LogP) is 4.09. The highest BCUT2D eigenvalue weighted by Crippen LogP contribution is 2.35. The zero-order valence-electron chi connectivity index (χ0n) is 13.5. The first-order valence-electron chi connectivity index (χ1n) is 7.94. The van der Waals surface area contributed by atoms with Gasteiger partial charge in [0.15, 0.2) is 0 Å². The summed E-state index contributed by atoms with van der Waals surface area (Å²) in [6.07, 6.45) is 3.56. The Morgan fingerprint density at radius 1 is 1.22 bits per heavy atom. The number of thioether (sulfide) groups is 1. The minimum Gasteiger partial charge on any atom is -0.340 e. The molecule has 2 saturated heterocycles. The predicted molar refractivity (Wildman–Crippen MR) is 102 cm³/mol. The van der Waals surface area contributed by atoms with E-state index in [2.05, 4.69) is 38.3 Å². The van der Waals surface area contributed by atoms with E-state index in [0.29, 0.717) is 12.1 Å². The fraction of sp³-hybridized carbons (Fsp3) is 0.588. The standard InChI is InChI=1S/C17H23BrN2OS.ClH/c1-17(2,22-15-7-3-12(18)4-8-15)16(21)20-10-9-13-5-6-14(11-20)19-13;/h3-4,7-8,13-14,19H,5-6,9-11H2,1-2H3;1H. The molecular formula is C17H24BrClN2OS. The van der Waals surface area contributed by atoms with Crippen LogP contribution in [0.5, 0.6) is 0 Å². The second-order valence-corrected chi connectivity index (χ2v) is 9.36. The lowest BCUT2D eigenvalue weighted by Crippen LogP contribution is -2.47. The van der Waals surface area contributed by atoms with Crippen molar-refractivity contribution in [1.82, 2.24) is 10.2 Å². The number of likely N-dealkylation sites (tertiary alicyclic amines) is 1. The molecule has 2 fully saturated rings.